The molecule has 1 aromatic heterocycles. The number of carbonyl (C=O) groups is 1. The van der Waals surface area contributed by atoms with Gasteiger partial charge < -0.3 is 14.7 Å². The molecule has 2 rings (SSSR count). The smallest absolute Gasteiger partial charge is 0.324 e. The first-order chi connectivity index (χ1) is 10.1. The van der Waals surface area contributed by atoms with Gasteiger partial charge in [0.25, 0.3) is 0 Å². The minimum atomic E-state index is 0.116. The lowest BCUT2D eigenvalue weighted by Crippen LogP contribution is -2.41. The zero-order valence-electron chi connectivity index (χ0n) is 13.3. The molecule has 6 heteroatoms. The van der Waals surface area contributed by atoms with Gasteiger partial charge in [0.05, 0.1) is 0 Å². The molecular formula is C15H26N4O2. The summed E-state index contributed by atoms with van der Waals surface area (Å²) in [5.74, 6) is 1.32. The van der Waals surface area contributed by atoms with Crippen LogP contribution in [0.2, 0.25) is 0 Å². The first-order valence-electron chi connectivity index (χ1n) is 7.98. The van der Waals surface area contributed by atoms with E-state index in [1.165, 1.54) is 0 Å². The highest BCUT2D eigenvalue weighted by molar-refractivity contribution is 5.78. The van der Waals surface area contributed by atoms with E-state index in [-0.39, 0.29) is 17.7 Å². The number of nitrogens with zero attached hydrogens (tertiary/aromatic N) is 3. The lowest BCUT2D eigenvalue weighted by Gasteiger charge is -2.29. The highest BCUT2D eigenvalue weighted by atomic mass is 16.5. The van der Waals surface area contributed by atoms with E-state index in [0.29, 0.717) is 6.01 Å². The predicted octanol–water partition coefficient (Wildman–Crippen LogP) is 2.33. The first-order valence-corrected chi connectivity index (χ1v) is 7.98. The van der Waals surface area contributed by atoms with E-state index >= 15 is 0 Å². The summed E-state index contributed by atoms with van der Waals surface area (Å²) >= 11 is 0. The lowest BCUT2D eigenvalue weighted by molar-refractivity contribution is -0.125. The molecule has 1 aromatic rings. The molecule has 0 aliphatic carbocycles. The molecule has 1 saturated heterocycles. The number of hydrogen-bond acceptors (Lipinski definition) is 5. The predicted molar refractivity (Wildman–Crippen MR) is 81.2 cm³/mol. The summed E-state index contributed by atoms with van der Waals surface area (Å²) < 4.78 is 5.30. The maximum atomic E-state index is 12.0. The Labute approximate surface area is 126 Å². The van der Waals surface area contributed by atoms with Crippen molar-refractivity contribution in [3.63, 3.8) is 0 Å². The standard InChI is InChI=1S/C15H26N4O2/c1-4-5-8-16-14(20)12-6-9-19(10-7-12)15-17-13(11(2)3)18-21-15/h11-12H,4-10H2,1-3H3,(H,16,20). The summed E-state index contributed by atoms with van der Waals surface area (Å²) in [5, 5.41) is 7.01. The van der Waals surface area contributed by atoms with Gasteiger partial charge in [-0.2, -0.15) is 4.98 Å². The zero-order chi connectivity index (χ0) is 15.2. The van der Waals surface area contributed by atoms with Gasteiger partial charge in [0.2, 0.25) is 5.91 Å². The molecule has 118 valence electrons. The van der Waals surface area contributed by atoms with Gasteiger partial charge in [-0.15, -0.1) is 0 Å². The van der Waals surface area contributed by atoms with Gasteiger partial charge in [-0.05, 0) is 19.3 Å². The SMILES string of the molecule is CCCCNC(=O)C1CCN(c2nc(C(C)C)no2)CC1. The average molecular weight is 294 g/mol. The van der Waals surface area contributed by atoms with Crippen LogP contribution in [0.4, 0.5) is 6.01 Å². The molecular weight excluding hydrogens is 268 g/mol. The molecule has 1 aliphatic rings. The van der Waals surface area contributed by atoms with Crippen molar-refractivity contribution in [1.29, 1.82) is 0 Å². The number of hydrogen-bond donors (Lipinski definition) is 1. The van der Waals surface area contributed by atoms with E-state index in [4.69, 9.17) is 4.52 Å². The van der Waals surface area contributed by atoms with Crippen LogP contribution in [0.5, 0.6) is 0 Å². The summed E-state index contributed by atoms with van der Waals surface area (Å²) in [6, 6.07) is 0.587. The number of carbonyl (C=O) groups excluding carboxylic acids is 1. The second-order valence-electron chi connectivity index (χ2n) is 6.00. The van der Waals surface area contributed by atoms with E-state index in [0.717, 1.165) is 51.1 Å². The molecule has 2 heterocycles. The molecule has 0 atom stereocenters. The van der Waals surface area contributed by atoms with Gasteiger partial charge >= 0.3 is 6.01 Å². The highest BCUT2D eigenvalue weighted by Crippen LogP contribution is 2.23. The van der Waals surface area contributed by atoms with Crippen molar-refractivity contribution in [2.75, 3.05) is 24.5 Å². The van der Waals surface area contributed by atoms with Gasteiger partial charge in [0.1, 0.15) is 0 Å². The number of amides is 1. The van der Waals surface area contributed by atoms with Crippen molar-refractivity contribution >= 4 is 11.9 Å². The first kappa shape index (κ1) is 15.8. The minimum Gasteiger partial charge on any atom is -0.356 e. The lowest BCUT2D eigenvalue weighted by atomic mass is 9.96. The molecule has 1 aliphatic heterocycles. The molecule has 0 spiro atoms. The maximum absolute atomic E-state index is 12.0. The molecule has 1 N–H and O–H groups in total. The van der Waals surface area contributed by atoms with Crippen LogP contribution in [-0.2, 0) is 4.79 Å². The summed E-state index contributed by atoms with van der Waals surface area (Å²) in [4.78, 5) is 18.5. The van der Waals surface area contributed by atoms with Crippen LogP contribution in [0.25, 0.3) is 0 Å². The van der Waals surface area contributed by atoms with Crippen molar-refractivity contribution < 1.29 is 9.32 Å². The fraction of sp³-hybridized carbons (Fsp3) is 0.800. The Morgan fingerprint density at radius 3 is 2.71 bits per heavy atom. The van der Waals surface area contributed by atoms with E-state index < -0.39 is 0 Å². The van der Waals surface area contributed by atoms with Crippen molar-refractivity contribution in [1.82, 2.24) is 15.5 Å². The summed E-state index contributed by atoms with van der Waals surface area (Å²) in [5.41, 5.74) is 0. The van der Waals surface area contributed by atoms with Gasteiger partial charge in [-0.25, -0.2) is 0 Å². The minimum absolute atomic E-state index is 0.116. The molecule has 0 unspecified atom stereocenters. The molecule has 6 nitrogen and oxygen atoms in total. The molecule has 21 heavy (non-hydrogen) atoms. The summed E-state index contributed by atoms with van der Waals surface area (Å²) in [7, 11) is 0. The third kappa shape index (κ3) is 4.19. The van der Waals surface area contributed by atoms with Crippen LogP contribution in [-0.4, -0.2) is 35.7 Å². The van der Waals surface area contributed by atoms with Crippen LogP contribution in [0.15, 0.2) is 4.52 Å². The fourth-order valence-corrected chi connectivity index (χ4v) is 2.46. The van der Waals surface area contributed by atoms with Gasteiger partial charge in [0, 0.05) is 31.5 Å². The second-order valence-corrected chi connectivity index (χ2v) is 6.00. The van der Waals surface area contributed by atoms with Crippen LogP contribution < -0.4 is 10.2 Å². The topological polar surface area (TPSA) is 71.3 Å². The Hall–Kier alpha value is -1.59. The number of unbranched alkanes of at least 4 members (excludes halogenated alkanes) is 1. The number of aromatic nitrogens is 2. The number of anilines is 1. The maximum Gasteiger partial charge on any atom is 0.324 e. The van der Waals surface area contributed by atoms with E-state index in [9.17, 15) is 4.79 Å². The van der Waals surface area contributed by atoms with Crippen LogP contribution >= 0.6 is 0 Å². The Morgan fingerprint density at radius 1 is 1.43 bits per heavy atom. The Morgan fingerprint density at radius 2 is 2.14 bits per heavy atom. The molecule has 0 bridgehead atoms. The molecule has 0 saturated carbocycles. The third-order valence-electron chi connectivity index (χ3n) is 3.91. The van der Waals surface area contributed by atoms with Crippen LogP contribution in [0.1, 0.15) is 58.2 Å². The van der Waals surface area contributed by atoms with Crippen molar-refractivity contribution in [2.24, 2.45) is 5.92 Å². The molecule has 0 radical (unpaired) electrons. The zero-order valence-corrected chi connectivity index (χ0v) is 13.3. The molecule has 1 amide bonds. The van der Waals surface area contributed by atoms with Crippen molar-refractivity contribution in [3.8, 4) is 0 Å². The number of piperidine rings is 1. The Balaban J connectivity index is 1.80. The van der Waals surface area contributed by atoms with Crippen LogP contribution in [0, 0.1) is 5.92 Å². The van der Waals surface area contributed by atoms with E-state index in [1.807, 2.05) is 13.8 Å². The summed E-state index contributed by atoms with van der Waals surface area (Å²) in [6.45, 7) is 8.59. The highest BCUT2D eigenvalue weighted by Gasteiger charge is 2.27. The Kier molecular flexibility index (Phi) is 5.59. The normalized spacial score (nSPS) is 16.5. The summed E-state index contributed by atoms with van der Waals surface area (Å²) in [6.07, 6.45) is 3.84. The third-order valence-corrected chi connectivity index (χ3v) is 3.91. The van der Waals surface area contributed by atoms with Gasteiger partial charge in [0.15, 0.2) is 5.82 Å². The number of rotatable bonds is 6. The van der Waals surface area contributed by atoms with Gasteiger partial charge in [-0.1, -0.05) is 32.3 Å². The molecule has 0 aromatic carbocycles. The second kappa shape index (κ2) is 7.43. The molecule has 1 fully saturated rings. The number of nitrogens with one attached hydrogen (secondary N) is 1. The monoisotopic (exact) mass is 294 g/mol. The quantitative estimate of drug-likeness (QED) is 0.815. The van der Waals surface area contributed by atoms with Crippen molar-refractivity contribution in [2.45, 2.75) is 52.4 Å². The fourth-order valence-electron chi connectivity index (χ4n) is 2.46. The average Bonchev–Trinajstić information content (AvgIpc) is 2.97. The Bertz CT molecular complexity index is 450. The van der Waals surface area contributed by atoms with E-state index in [1.54, 1.807) is 0 Å². The van der Waals surface area contributed by atoms with E-state index in [2.05, 4.69) is 27.3 Å². The largest absolute Gasteiger partial charge is 0.356 e. The van der Waals surface area contributed by atoms with Crippen LogP contribution in [0.3, 0.4) is 0 Å². The van der Waals surface area contributed by atoms with Gasteiger partial charge in [-0.3, -0.25) is 4.79 Å². The van der Waals surface area contributed by atoms with Crippen molar-refractivity contribution in [3.05, 3.63) is 5.82 Å².